The lowest BCUT2D eigenvalue weighted by Gasteiger charge is -2.23. The number of rotatable bonds is 8. The first-order valence-corrected chi connectivity index (χ1v) is 9.47. The zero-order valence-corrected chi connectivity index (χ0v) is 15.8. The molecule has 140 valence electrons. The second kappa shape index (κ2) is 9.22. The van der Waals surface area contributed by atoms with Crippen molar-refractivity contribution in [2.45, 2.75) is 39.3 Å². The maximum atomic E-state index is 4.30. The summed E-state index contributed by atoms with van der Waals surface area (Å²) in [6.45, 7) is 6.77. The summed E-state index contributed by atoms with van der Waals surface area (Å²) < 4.78 is 2.21. The molecular weight excluding hydrogens is 326 g/mol. The number of aliphatic imine (C=N–C) groups is 1. The van der Waals surface area contributed by atoms with E-state index in [0.717, 1.165) is 56.6 Å². The minimum absolute atomic E-state index is 0.651. The number of nitrogens with zero attached hydrogens (tertiary/aromatic N) is 5. The lowest BCUT2D eigenvalue weighted by atomic mass is 10.2. The van der Waals surface area contributed by atoms with Crippen LogP contribution in [0.15, 0.2) is 35.3 Å². The van der Waals surface area contributed by atoms with Crippen LogP contribution in [-0.2, 0) is 19.5 Å². The van der Waals surface area contributed by atoms with Crippen LogP contribution in [-0.4, -0.2) is 47.4 Å². The molecular formula is C19H29N7. The van der Waals surface area contributed by atoms with Crippen molar-refractivity contribution < 1.29 is 0 Å². The molecule has 0 amide bonds. The predicted molar refractivity (Wildman–Crippen MR) is 105 cm³/mol. The van der Waals surface area contributed by atoms with Gasteiger partial charge in [0.2, 0.25) is 0 Å². The van der Waals surface area contributed by atoms with Gasteiger partial charge in [-0.2, -0.15) is 0 Å². The minimum atomic E-state index is 0.651. The summed E-state index contributed by atoms with van der Waals surface area (Å²) in [6.07, 6.45) is 3.25. The van der Waals surface area contributed by atoms with Gasteiger partial charge in [-0.05, 0) is 31.9 Å². The fourth-order valence-electron chi connectivity index (χ4n) is 3.31. The highest BCUT2D eigenvalue weighted by Crippen LogP contribution is 2.14. The summed E-state index contributed by atoms with van der Waals surface area (Å²) in [6, 6.07) is 10.6. The van der Waals surface area contributed by atoms with Gasteiger partial charge in [-0.1, -0.05) is 18.2 Å². The first-order valence-electron chi connectivity index (χ1n) is 9.47. The van der Waals surface area contributed by atoms with Gasteiger partial charge in [0.1, 0.15) is 5.82 Å². The number of anilines is 1. The van der Waals surface area contributed by atoms with Crippen molar-refractivity contribution in [2.75, 3.05) is 31.6 Å². The Morgan fingerprint density at radius 3 is 2.85 bits per heavy atom. The maximum Gasteiger partial charge on any atom is 0.191 e. The van der Waals surface area contributed by atoms with E-state index in [0.29, 0.717) is 6.54 Å². The maximum absolute atomic E-state index is 4.30. The third kappa shape index (κ3) is 4.53. The lowest BCUT2D eigenvalue weighted by molar-refractivity contribution is 0.658. The summed E-state index contributed by atoms with van der Waals surface area (Å²) in [5.74, 6) is 2.90. The van der Waals surface area contributed by atoms with Gasteiger partial charge in [0, 0.05) is 45.3 Å². The number of fused-ring (bicyclic) bond motifs is 1. The summed E-state index contributed by atoms with van der Waals surface area (Å²) in [4.78, 5) is 6.69. The first kappa shape index (κ1) is 18.2. The van der Waals surface area contributed by atoms with E-state index in [1.807, 2.05) is 0 Å². The average molecular weight is 355 g/mol. The van der Waals surface area contributed by atoms with Gasteiger partial charge in [-0.15, -0.1) is 10.2 Å². The molecule has 26 heavy (non-hydrogen) atoms. The second-order valence-corrected chi connectivity index (χ2v) is 6.41. The van der Waals surface area contributed by atoms with E-state index >= 15 is 0 Å². The molecule has 1 aliphatic rings. The normalized spacial score (nSPS) is 13.5. The van der Waals surface area contributed by atoms with Crippen LogP contribution in [0.4, 0.5) is 5.69 Å². The number of benzene rings is 1. The fraction of sp³-hybridized carbons (Fsp3) is 0.526. The molecule has 0 bridgehead atoms. The van der Waals surface area contributed by atoms with Gasteiger partial charge in [0.05, 0.1) is 6.54 Å². The highest BCUT2D eigenvalue weighted by molar-refractivity contribution is 5.79. The number of para-hydroxylation sites is 1. The highest BCUT2D eigenvalue weighted by Gasteiger charge is 2.17. The zero-order valence-electron chi connectivity index (χ0n) is 15.8. The third-order valence-electron chi connectivity index (χ3n) is 4.72. The molecule has 7 heteroatoms. The number of aromatic nitrogens is 3. The summed E-state index contributed by atoms with van der Waals surface area (Å²) in [5.41, 5.74) is 1.28. The van der Waals surface area contributed by atoms with Crippen LogP contribution in [0, 0.1) is 0 Å². The Hall–Kier alpha value is -2.57. The molecule has 2 heterocycles. The van der Waals surface area contributed by atoms with Gasteiger partial charge in [0.15, 0.2) is 11.8 Å². The van der Waals surface area contributed by atoms with Crippen LogP contribution in [0.25, 0.3) is 0 Å². The van der Waals surface area contributed by atoms with Crippen LogP contribution in [0.2, 0.25) is 0 Å². The van der Waals surface area contributed by atoms with E-state index in [1.54, 1.807) is 7.05 Å². The standard InChI is InChI=1S/C19H29N7/c1-3-25(16-9-5-4-6-10-16)13-8-12-21-19(20-2)22-15-18-24-23-17-11-7-14-26(17)18/h4-6,9-10H,3,7-8,11-15H2,1-2H3,(H2,20,21,22). The van der Waals surface area contributed by atoms with Crippen LogP contribution < -0.4 is 15.5 Å². The smallest absolute Gasteiger partial charge is 0.191 e. The Morgan fingerprint density at radius 1 is 1.23 bits per heavy atom. The molecule has 1 aromatic carbocycles. The fourth-order valence-corrected chi connectivity index (χ4v) is 3.31. The molecule has 0 atom stereocenters. The van der Waals surface area contributed by atoms with E-state index in [9.17, 15) is 0 Å². The molecule has 2 aromatic rings. The first-order chi connectivity index (χ1) is 12.8. The Kier molecular flexibility index (Phi) is 6.46. The molecule has 1 aliphatic heterocycles. The Labute approximate surface area is 155 Å². The van der Waals surface area contributed by atoms with Crippen molar-refractivity contribution in [2.24, 2.45) is 4.99 Å². The Morgan fingerprint density at radius 2 is 2.08 bits per heavy atom. The highest BCUT2D eigenvalue weighted by atomic mass is 15.3. The van der Waals surface area contributed by atoms with Crippen LogP contribution in [0.3, 0.4) is 0 Å². The number of nitrogens with one attached hydrogen (secondary N) is 2. The zero-order chi connectivity index (χ0) is 18.2. The van der Waals surface area contributed by atoms with E-state index < -0.39 is 0 Å². The van der Waals surface area contributed by atoms with Gasteiger partial charge in [-0.25, -0.2) is 0 Å². The molecule has 0 radical (unpaired) electrons. The van der Waals surface area contributed by atoms with Gasteiger partial charge < -0.3 is 20.1 Å². The molecule has 0 saturated carbocycles. The molecule has 0 aliphatic carbocycles. The monoisotopic (exact) mass is 355 g/mol. The SMILES string of the molecule is CCN(CCCNC(=NC)NCc1nnc2n1CCC2)c1ccccc1. The predicted octanol–water partition coefficient (Wildman–Crippen LogP) is 1.81. The van der Waals surface area contributed by atoms with E-state index in [2.05, 4.69) is 72.5 Å². The lowest BCUT2D eigenvalue weighted by Crippen LogP contribution is -2.39. The number of aryl methyl sites for hydroxylation is 1. The van der Waals surface area contributed by atoms with Crippen molar-refractivity contribution >= 4 is 11.6 Å². The van der Waals surface area contributed by atoms with Crippen LogP contribution >= 0.6 is 0 Å². The number of hydrogen-bond donors (Lipinski definition) is 2. The summed E-state index contributed by atoms with van der Waals surface area (Å²) in [5, 5.41) is 15.2. The largest absolute Gasteiger partial charge is 0.372 e. The third-order valence-corrected chi connectivity index (χ3v) is 4.72. The molecule has 2 N–H and O–H groups in total. The van der Waals surface area contributed by atoms with Crippen molar-refractivity contribution in [1.82, 2.24) is 25.4 Å². The molecule has 0 fully saturated rings. The quantitative estimate of drug-likeness (QED) is 0.429. The molecule has 0 unspecified atom stereocenters. The van der Waals surface area contributed by atoms with Crippen molar-refractivity contribution in [1.29, 1.82) is 0 Å². The molecule has 0 saturated heterocycles. The molecule has 1 aromatic heterocycles. The summed E-state index contributed by atoms with van der Waals surface area (Å²) in [7, 11) is 1.80. The van der Waals surface area contributed by atoms with Crippen molar-refractivity contribution in [3.05, 3.63) is 42.0 Å². The Bertz CT molecular complexity index is 708. The number of hydrogen-bond acceptors (Lipinski definition) is 4. The van der Waals surface area contributed by atoms with E-state index in [-0.39, 0.29) is 0 Å². The van der Waals surface area contributed by atoms with E-state index in [4.69, 9.17) is 0 Å². The molecule has 7 nitrogen and oxygen atoms in total. The average Bonchev–Trinajstić information content (AvgIpc) is 3.29. The van der Waals surface area contributed by atoms with Crippen LogP contribution in [0.1, 0.15) is 31.4 Å². The van der Waals surface area contributed by atoms with Gasteiger partial charge >= 0.3 is 0 Å². The van der Waals surface area contributed by atoms with Gasteiger partial charge in [0.25, 0.3) is 0 Å². The van der Waals surface area contributed by atoms with Crippen molar-refractivity contribution in [3.8, 4) is 0 Å². The van der Waals surface area contributed by atoms with Crippen LogP contribution in [0.5, 0.6) is 0 Å². The molecule has 3 rings (SSSR count). The topological polar surface area (TPSA) is 70.4 Å². The minimum Gasteiger partial charge on any atom is -0.372 e. The number of guanidine groups is 1. The second-order valence-electron chi connectivity index (χ2n) is 6.41. The summed E-state index contributed by atoms with van der Waals surface area (Å²) >= 11 is 0. The Balaban J connectivity index is 1.40. The van der Waals surface area contributed by atoms with Gasteiger partial charge in [-0.3, -0.25) is 4.99 Å². The van der Waals surface area contributed by atoms with E-state index in [1.165, 1.54) is 12.1 Å². The molecule has 0 spiro atoms. The van der Waals surface area contributed by atoms with Crippen molar-refractivity contribution in [3.63, 3.8) is 0 Å².